The van der Waals surface area contributed by atoms with Gasteiger partial charge in [0.15, 0.2) is 0 Å². The normalized spacial score (nSPS) is 15.4. The largest absolute Gasteiger partial charge is 0.357 e. The minimum absolute atomic E-state index is 0.401. The molecule has 26 heavy (non-hydrogen) atoms. The van der Waals surface area contributed by atoms with Crippen LogP contribution in [-0.4, -0.2) is 24.3 Å². The lowest BCUT2D eigenvalue weighted by atomic mass is 10.0. The van der Waals surface area contributed by atoms with Gasteiger partial charge in [-0.3, -0.25) is 0 Å². The van der Waals surface area contributed by atoms with Crippen LogP contribution in [0.3, 0.4) is 0 Å². The lowest BCUT2D eigenvalue weighted by molar-refractivity contribution is 0.388. The van der Waals surface area contributed by atoms with Crippen molar-refractivity contribution in [2.75, 3.05) is 6.54 Å². The van der Waals surface area contributed by atoms with E-state index in [0.29, 0.717) is 18.0 Å². The maximum Gasteiger partial charge on any atom is 0.243 e. The van der Waals surface area contributed by atoms with Gasteiger partial charge in [0.25, 0.3) is 0 Å². The lowest BCUT2D eigenvalue weighted by Crippen LogP contribution is -2.36. The van der Waals surface area contributed by atoms with Crippen LogP contribution < -0.4 is 0 Å². The Balaban J connectivity index is 1.79. The summed E-state index contributed by atoms with van der Waals surface area (Å²) in [4.78, 5) is 3.90. The highest BCUT2D eigenvalue weighted by atomic mass is 32.2. The number of nitrogens with one attached hydrogen (secondary N) is 1. The van der Waals surface area contributed by atoms with Crippen molar-refractivity contribution in [3.63, 3.8) is 0 Å². The Bertz CT molecular complexity index is 1100. The first kappa shape index (κ1) is 17.3. The van der Waals surface area contributed by atoms with Gasteiger partial charge in [-0.05, 0) is 68.0 Å². The smallest absolute Gasteiger partial charge is 0.243 e. The molecule has 3 aromatic rings. The van der Waals surface area contributed by atoms with Gasteiger partial charge in [-0.25, -0.2) is 8.42 Å². The Morgan fingerprint density at radius 3 is 2.35 bits per heavy atom. The van der Waals surface area contributed by atoms with E-state index in [4.69, 9.17) is 0 Å². The van der Waals surface area contributed by atoms with Gasteiger partial charge in [0.05, 0.1) is 11.4 Å². The Morgan fingerprint density at radius 1 is 1.00 bits per heavy atom. The number of sulfonamides is 1. The predicted octanol–water partition coefficient (Wildman–Crippen LogP) is 4.15. The average molecular weight is 369 g/mol. The molecule has 136 valence electrons. The Labute approximate surface area is 154 Å². The molecular formula is C21H24N2O2S. The summed E-state index contributed by atoms with van der Waals surface area (Å²) in [6.45, 7) is 8.70. The third-order valence-electron chi connectivity index (χ3n) is 5.74. The van der Waals surface area contributed by atoms with Crippen molar-refractivity contribution in [1.29, 1.82) is 0 Å². The number of aromatic amines is 1. The number of nitrogens with zero attached hydrogens (tertiary/aromatic N) is 1. The molecular weight excluding hydrogens is 344 g/mol. The summed E-state index contributed by atoms with van der Waals surface area (Å²) in [5.74, 6) is 0. The first-order valence-electron chi connectivity index (χ1n) is 8.96. The standard InChI is InChI=1S/C21H24N2O2S/c1-13-11-14(2)16(4)21(15(13)3)26(24,25)23-10-9-18-17-7-5-6-8-19(17)22-20(18)12-23/h5-8,11,22H,9-10,12H2,1-4H3. The minimum atomic E-state index is -3.54. The van der Waals surface area contributed by atoms with Gasteiger partial charge >= 0.3 is 0 Å². The van der Waals surface area contributed by atoms with Crippen molar-refractivity contribution in [2.45, 2.75) is 45.6 Å². The molecule has 0 amide bonds. The summed E-state index contributed by atoms with van der Waals surface area (Å²) in [6.07, 6.45) is 0.738. The van der Waals surface area contributed by atoms with E-state index in [1.165, 1.54) is 10.9 Å². The molecule has 0 fully saturated rings. The van der Waals surface area contributed by atoms with Gasteiger partial charge in [-0.1, -0.05) is 24.3 Å². The third kappa shape index (κ3) is 2.49. The van der Waals surface area contributed by atoms with E-state index >= 15 is 0 Å². The monoisotopic (exact) mass is 368 g/mol. The van der Waals surface area contributed by atoms with Gasteiger partial charge in [-0.2, -0.15) is 4.31 Å². The van der Waals surface area contributed by atoms with Crippen LogP contribution in [0.15, 0.2) is 35.2 Å². The summed E-state index contributed by atoms with van der Waals surface area (Å²) in [5, 5.41) is 1.21. The van der Waals surface area contributed by atoms with Gasteiger partial charge in [-0.15, -0.1) is 0 Å². The summed E-state index contributed by atoms with van der Waals surface area (Å²) >= 11 is 0. The van der Waals surface area contributed by atoms with Crippen LogP contribution in [0.25, 0.3) is 10.9 Å². The topological polar surface area (TPSA) is 53.2 Å². The second-order valence-corrected chi connectivity index (χ2v) is 9.18. The highest BCUT2D eigenvalue weighted by Gasteiger charge is 2.32. The van der Waals surface area contributed by atoms with Crippen LogP contribution in [0.4, 0.5) is 0 Å². The molecule has 1 aliphatic heterocycles. The van der Waals surface area contributed by atoms with Crippen LogP contribution in [0, 0.1) is 27.7 Å². The number of hydrogen-bond acceptors (Lipinski definition) is 2. The molecule has 4 rings (SSSR count). The van der Waals surface area contributed by atoms with Crippen LogP contribution in [0.5, 0.6) is 0 Å². The van der Waals surface area contributed by atoms with Crippen molar-refractivity contribution in [3.8, 4) is 0 Å². The van der Waals surface area contributed by atoms with Crippen molar-refractivity contribution in [1.82, 2.24) is 9.29 Å². The number of H-pyrrole nitrogens is 1. The molecule has 0 spiro atoms. The van der Waals surface area contributed by atoms with Gasteiger partial charge < -0.3 is 4.98 Å². The number of hydrogen-bond donors (Lipinski definition) is 1. The van der Waals surface area contributed by atoms with Gasteiger partial charge in [0.2, 0.25) is 10.0 Å². The summed E-state index contributed by atoms with van der Waals surface area (Å²) in [6, 6.07) is 10.2. The fraction of sp³-hybridized carbons (Fsp3) is 0.333. The first-order valence-corrected chi connectivity index (χ1v) is 10.4. The second-order valence-electron chi connectivity index (χ2n) is 7.31. The molecule has 2 aromatic carbocycles. The van der Waals surface area contributed by atoms with E-state index in [1.54, 1.807) is 4.31 Å². The number of para-hydroxylation sites is 1. The Kier molecular flexibility index (Phi) is 3.97. The van der Waals surface area contributed by atoms with Crippen molar-refractivity contribution >= 4 is 20.9 Å². The minimum Gasteiger partial charge on any atom is -0.357 e. The molecule has 0 aliphatic carbocycles. The zero-order valence-corrected chi connectivity index (χ0v) is 16.5. The molecule has 1 N–H and O–H groups in total. The second kappa shape index (κ2) is 5.96. The SMILES string of the molecule is Cc1cc(C)c(C)c(S(=O)(=O)N2CCc3c([nH]c4ccccc34)C2)c1C. The van der Waals surface area contributed by atoms with Gasteiger partial charge in [0, 0.05) is 23.1 Å². The number of aromatic nitrogens is 1. The molecule has 0 saturated heterocycles. The first-order chi connectivity index (χ1) is 12.3. The van der Waals surface area contributed by atoms with Crippen LogP contribution >= 0.6 is 0 Å². The fourth-order valence-corrected chi connectivity index (χ4v) is 6.05. The summed E-state index contributed by atoms with van der Waals surface area (Å²) < 4.78 is 28.6. The van der Waals surface area contributed by atoms with E-state index in [1.807, 2.05) is 45.9 Å². The Hall–Kier alpha value is -2.11. The molecule has 5 heteroatoms. The van der Waals surface area contributed by atoms with Crippen LogP contribution in [0.1, 0.15) is 33.5 Å². The molecule has 0 bridgehead atoms. The average Bonchev–Trinajstić information content (AvgIpc) is 2.98. The zero-order chi connectivity index (χ0) is 18.6. The van der Waals surface area contributed by atoms with E-state index < -0.39 is 10.0 Å². The van der Waals surface area contributed by atoms with E-state index in [2.05, 4.69) is 17.1 Å². The number of aryl methyl sites for hydroxylation is 2. The van der Waals surface area contributed by atoms with E-state index in [0.717, 1.165) is 39.9 Å². The quantitative estimate of drug-likeness (QED) is 0.739. The lowest BCUT2D eigenvalue weighted by Gasteiger charge is -2.28. The molecule has 4 nitrogen and oxygen atoms in total. The molecule has 0 radical (unpaired) electrons. The molecule has 0 atom stereocenters. The zero-order valence-electron chi connectivity index (χ0n) is 15.7. The van der Waals surface area contributed by atoms with Crippen LogP contribution in [0.2, 0.25) is 0 Å². The number of fused-ring (bicyclic) bond motifs is 3. The molecule has 1 aromatic heterocycles. The van der Waals surface area contributed by atoms with Crippen LogP contribution in [-0.2, 0) is 23.0 Å². The van der Waals surface area contributed by atoms with Crippen molar-refractivity contribution in [3.05, 3.63) is 63.8 Å². The Morgan fingerprint density at radius 2 is 1.65 bits per heavy atom. The molecule has 0 saturated carbocycles. The molecule has 2 heterocycles. The predicted molar refractivity (Wildman–Crippen MR) is 105 cm³/mol. The summed E-state index contributed by atoms with van der Waals surface area (Å²) in [7, 11) is -3.54. The van der Waals surface area contributed by atoms with Gasteiger partial charge in [0.1, 0.15) is 0 Å². The highest BCUT2D eigenvalue weighted by Crippen LogP contribution is 2.33. The highest BCUT2D eigenvalue weighted by molar-refractivity contribution is 7.89. The van der Waals surface area contributed by atoms with E-state index in [-0.39, 0.29) is 0 Å². The molecule has 0 unspecified atom stereocenters. The number of rotatable bonds is 2. The van der Waals surface area contributed by atoms with Crippen molar-refractivity contribution in [2.24, 2.45) is 0 Å². The fourth-order valence-electron chi connectivity index (χ4n) is 4.07. The van der Waals surface area contributed by atoms with E-state index in [9.17, 15) is 8.42 Å². The summed E-state index contributed by atoms with van der Waals surface area (Å²) in [5.41, 5.74) is 7.10. The third-order valence-corrected chi connectivity index (χ3v) is 7.86. The maximum atomic E-state index is 13.5. The van der Waals surface area contributed by atoms with Crippen molar-refractivity contribution < 1.29 is 8.42 Å². The maximum absolute atomic E-state index is 13.5. The molecule has 1 aliphatic rings. The number of benzene rings is 2.